The van der Waals surface area contributed by atoms with E-state index in [1.54, 1.807) is 48.1 Å². The molecule has 5 rings (SSSR count). The van der Waals surface area contributed by atoms with Gasteiger partial charge in [0, 0.05) is 69.8 Å². The van der Waals surface area contributed by atoms with Crippen molar-refractivity contribution in [1.82, 2.24) is 20.3 Å². The molecule has 0 radical (unpaired) electrons. The lowest BCUT2D eigenvalue weighted by atomic mass is 9.79. The van der Waals surface area contributed by atoms with Crippen molar-refractivity contribution in [1.29, 1.82) is 0 Å². The maximum atomic E-state index is 13.5. The van der Waals surface area contributed by atoms with Gasteiger partial charge in [-0.05, 0) is 55.8 Å². The summed E-state index contributed by atoms with van der Waals surface area (Å²) in [6.45, 7) is 3.79. The van der Waals surface area contributed by atoms with Gasteiger partial charge >= 0.3 is 5.97 Å². The Kier molecular flexibility index (Phi) is 7.97. The maximum absolute atomic E-state index is 13.5. The highest BCUT2D eigenvalue weighted by atomic mass is 32.1. The van der Waals surface area contributed by atoms with Gasteiger partial charge in [-0.25, -0.2) is 9.78 Å². The first-order valence-corrected chi connectivity index (χ1v) is 13.5. The van der Waals surface area contributed by atoms with Crippen LogP contribution >= 0.6 is 11.3 Å². The van der Waals surface area contributed by atoms with Gasteiger partial charge in [0.25, 0.3) is 5.69 Å². The number of esters is 1. The summed E-state index contributed by atoms with van der Waals surface area (Å²) < 4.78 is 5.70. The van der Waals surface area contributed by atoms with E-state index < -0.39 is 16.8 Å². The van der Waals surface area contributed by atoms with E-state index in [0.717, 1.165) is 28.4 Å². The summed E-state index contributed by atoms with van der Waals surface area (Å²) in [4.78, 5) is 38.8. The number of allylic oxidation sites excluding steroid dienone is 3. The number of carbonyl (C=O) groups is 1. The quantitative estimate of drug-likeness (QED) is 0.148. The summed E-state index contributed by atoms with van der Waals surface area (Å²) in [5.41, 5.74) is 3.82. The molecule has 202 valence electrons. The highest BCUT2D eigenvalue weighted by molar-refractivity contribution is 7.12. The summed E-state index contributed by atoms with van der Waals surface area (Å²) in [5.74, 6) is -0.200. The van der Waals surface area contributed by atoms with Gasteiger partial charge in [-0.15, -0.1) is 11.3 Å². The van der Waals surface area contributed by atoms with Crippen LogP contribution in [0.3, 0.4) is 0 Å². The topological polar surface area (TPSA) is 123 Å². The van der Waals surface area contributed by atoms with Crippen molar-refractivity contribution in [3.8, 4) is 0 Å². The number of nitro benzene ring substituents is 1. The third-order valence-electron chi connectivity index (χ3n) is 6.51. The number of non-ortho nitro benzene ring substituents is 1. The van der Waals surface area contributed by atoms with Gasteiger partial charge in [-0.2, -0.15) is 0 Å². The zero-order chi connectivity index (χ0) is 28.1. The first-order chi connectivity index (χ1) is 19.4. The standard InChI is InChI=1S/C30H27N5O4S/c1-19-27(25-10-3-4-13-31-25)29(21-7-5-8-22(17-21)35(37)38)28(20(2)34-19)30(36)39-16-6-9-23-11-12-24(40-23)18-26-32-14-15-33-26/h3-15,17,29,34H,16,18H2,1-2H3,(H,32,33). The van der Waals surface area contributed by atoms with E-state index in [-0.39, 0.29) is 12.3 Å². The molecule has 0 fully saturated rings. The molecule has 0 saturated carbocycles. The lowest BCUT2D eigenvalue weighted by Crippen LogP contribution is -2.29. The molecule has 4 aromatic rings. The highest BCUT2D eigenvalue weighted by Crippen LogP contribution is 2.43. The number of rotatable bonds is 9. The summed E-state index contributed by atoms with van der Waals surface area (Å²) >= 11 is 1.64. The first kappa shape index (κ1) is 26.8. The number of aromatic amines is 1. The number of H-pyrrole nitrogens is 1. The van der Waals surface area contributed by atoms with Crippen LogP contribution in [0.5, 0.6) is 0 Å². The summed E-state index contributed by atoms with van der Waals surface area (Å²) in [7, 11) is 0. The smallest absolute Gasteiger partial charge is 0.337 e. The molecule has 1 atom stereocenters. The van der Waals surface area contributed by atoms with Crippen LogP contribution in [-0.4, -0.2) is 32.5 Å². The minimum absolute atomic E-state index is 0.0512. The number of nitro groups is 1. The van der Waals surface area contributed by atoms with Crippen LogP contribution in [0, 0.1) is 10.1 Å². The monoisotopic (exact) mass is 553 g/mol. The molecular formula is C30H27N5O4S. The zero-order valence-electron chi connectivity index (χ0n) is 22.0. The number of nitrogens with one attached hydrogen (secondary N) is 2. The number of benzene rings is 1. The SMILES string of the molecule is CC1=C(C(=O)OCC=Cc2ccc(Cc3ncc[nH]3)s2)C(c2cccc([N+](=O)[O-])c2)C(c2ccccn2)=C(C)N1. The molecule has 1 aromatic carbocycles. The van der Waals surface area contributed by atoms with Crippen molar-refractivity contribution in [2.75, 3.05) is 6.61 Å². The summed E-state index contributed by atoms with van der Waals surface area (Å²) in [6.07, 6.45) is 9.67. The van der Waals surface area contributed by atoms with Crippen LogP contribution in [0.4, 0.5) is 5.69 Å². The Labute approximate surface area is 235 Å². The molecule has 10 heteroatoms. The predicted molar refractivity (Wildman–Crippen MR) is 154 cm³/mol. The van der Waals surface area contributed by atoms with E-state index in [4.69, 9.17) is 4.74 Å². The number of nitrogens with zero attached hydrogens (tertiary/aromatic N) is 3. The largest absolute Gasteiger partial charge is 0.458 e. The van der Waals surface area contributed by atoms with Crippen LogP contribution in [0.15, 0.2) is 96.2 Å². The number of hydrogen-bond donors (Lipinski definition) is 2. The van der Waals surface area contributed by atoms with E-state index in [2.05, 4.69) is 26.3 Å². The first-order valence-electron chi connectivity index (χ1n) is 12.7. The molecule has 3 aromatic heterocycles. The van der Waals surface area contributed by atoms with Gasteiger partial charge in [-0.3, -0.25) is 15.1 Å². The normalized spacial score (nSPS) is 15.4. The molecule has 0 bridgehead atoms. The molecule has 1 aliphatic heterocycles. The van der Waals surface area contributed by atoms with Crippen molar-refractivity contribution in [2.45, 2.75) is 26.2 Å². The van der Waals surface area contributed by atoms with Crippen LogP contribution < -0.4 is 5.32 Å². The Balaban J connectivity index is 1.38. The Morgan fingerprint density at radius 2 is 1.98 bits per heavy atom. The third-order valence-corrected chi connectivity index (χ3v) is 7.56. The Morgan fingerprint density at radius 3 is 2.73 bits per heavy atom. The van der Waals surface area contributed by atoms with Crippen LogP contribution in [0.2, 0.25) is 0 Å². The number of pyridine rings is 1. The molecule has 1 aliphatic rings. The van der Waals surface area contributed by atoms with E-state index in [1.165, 1.54) is 17.0 Å². The minimum Gasteiger partial charge on any atom is -0.458 e. The second-order valence-corrected chi connectivity index (χ2v) is 10.4. The van der Waals surface area contributed by atoms with Gasteiger partial charge in [0.2, 0.25) is 0 Å². The van der Waals surface area contributed by atoms with Crippen LogP contribution in [-0.2, 0) is 16.0 Å². The number of ether oxygens (including phenoxy) is 1. The minimum atomic E-state index is -0.603. The summed E-state index contributed by atoms with van der Waals surface area (Å²) in [6, 6.07) is 16.0. The molecule has 0 aliphatic carbocycles. The lowest BCUT2D eigenvalue weighted by molar-refractivity contribution is -0.384. The average Bonchev–Trinajstić information content (AvgIpc) is 3.63. The Morgan fingerprint density at radius 1 is 1.10 bits per heavy atom. The number of aromatic nitrogens is 3. The number of carbonyl (C=O) groups excluding carboxylic acids is 1. The molecule has 0 saturated heterocycles. The van der Waals surface area contributed by atoms with Crippen molar-refractivity contribution in [3.05, 3.63) is 133 Å². The fourth-order valence-electron chi connectivity index (χ4n) is 4.78. The highest BCUT2D eigenvalue weighted by Gasteiger charge is 2.35. The molecule has 4 heterocycles. The van der Waals surface area contributed by atoms with E-state index in [9.17, 15) is 14.9 Å². The second-order valence-electron chi connectivity index (χ2n) is 9.22. The van der Waals surface area contributed by atoms with Gasteiger partial charge in [0.05, 0.1) is 16.2 Å². The van der Waals surface area contributed by atoms with Crippen molar-refractivity contribution < 1.29 is 14.5 Å². The van der Waals surface area contributed by atoms with Gasteiger partial charge in [0.1, 0.15) is 12.4 Å². The fourth-order valence-corrected chi connectivity index (χ4v) is 5.73. The fraction of sp³-hybridized carbons (Fsp3) is 0.167. The van der Waals surface area contributed by atoms with Crippen molar-refractivity contribution >= 4 is 34.6 Å². The molecule has 40 heavy (non-hydrogen) atoms. The molecule has 0 amide bonds. The molecule has 0 spiro atoms. The van der Waals surface area contributed by atoms with E-state index >= 15 is 0 Å². The zero-order valence-corrected chi connectivity index (χ0v) is 22.8. The van der Waals surface area contributed by atoms with Crippen LogP contribution in [0.25, 0.3) is 11.6 Å². The second kappa shape index (κ2) is 11.9. The number of thiophene rings is 1. The third kappa shape index (κ3) is 5.92. The Bertz CT molecular complexity index is 1620. The molecule has 1 unspecified atom stereocenters. The molecule has 2 N–H and O–H groups in total. The van der Waals surface area contributed by atoms with Gasteiger partial charge in [0.15, 0.2) is 0 Å². The van der Waals surface area contributed by atoms with Crippen molar-refractivity contribution in [2.24, 2.45) is 0 Å². The average molecular weight is 554 g/mol. The predicted octanol–water partition coefficient (Wildman–Crippen LogP) is 6.01. The number of dihydropyridines is 1. The van der Waals surface area contributed by atoms with Crippen LogP contribution in [0.1, 0.15) is 46.6 Å². The number of hydrogen-bond acceptors (Lipinski definition) is 8. The van der Waals surface area contributed by atoms with E-state index in [1.807, 2.05) is 44.2 Å². The molecular weight excluding hydrogens is 526 g/mol. The number of imidazole rings is 1. The molecule has 9 nitrogen and oxygen atoms in total. The van der Waals surface area contributed by atoms with Gasteiger partial charge < -0.3 is 15.0 Å². The van der Waals surface area contributed by atoms with Crippen molar-refractivity contribution in [3.63, 3.8) is 0 Å². The summed E-state index contributed by atoms with van der Waals surface area (Å²) in [5, 5.41) is 14.9. The van der Waals surface area contributed by atoms with E-state index in [0.29, 0.717) is 22.5 Å². The van der Waals surface area contributed by atoms with Gasteiger partial charge in [-0.1, -0.05) is 18.2 Å². The Hall–Kier alpha value is -4.83. The maximum Gasteiger partial charge on any atom is 0.337 e. The lowest BCUT2D eigenvalue weighted by Gasteiger charge is -2.31.